The number of hydrogen-bond acceptors (Lipinski definition) is 5. The van der Waals surface area contributed by atoms with Crippen LogP contribution in [0, 0.1) is 25.5 Å². The van der Waals surface area contributed by atoms with Gasteiger partial charge in [-0.25, -0.2) is 13.8 Å². The molecule has 1 aromatic heterocycles. The number of rotatable bonds is 6. The lowest BCUT2D eigenvalue weighted by atomic mass is 10.1. The average molecular weight is 464 g/mol. The normalized spacial score (nSPS) is 10.8. The molecular weight excluding hydrogens is 444 g/mol. The van der Waals surface area contributed by atoms with Crippen LogP contribution in [-0.4, -0.2) is 34.7 Å². The molecule has 168 valence electrons. The Bertz CT molecular complexity index is 1250. The summed E-state index contributed by atoms with van der Waals surface area (Å²) in [5.74, 6) is -1.85. The summed E-state index contributed by atoms with van der Waals surface area (Å²) in [4.78, 5) is 34.6. The second-order valence-electron chi connectivity index (χ2n) is 6.93. The highest BCUT2D eigenvalue weighted by molar-refractivity contribution is 6.31. The van der Waals surface area contributed by atoms with E-state index in [0.717, 1.165) is 17.2 Å². The minimum Gasteiger partial charge on any atom is -0.471 e. The molecule has 0 N–H and O–H groups in total. The Morgan fingerprint density at radius 3 is 2.56 bits per heavy atom. The number of hydrogen-bond donors (Lipinski definition) is 0. The first kappa shape index (κ1) is 23.4. The summed E-state index contributed by atoms with van der Waals surface area (Å²) in [6, 6.07) is 7.89. The standard InChI is InChI=1S/C22H20ClF2N3O4/c1-12-5-6-14(21(29)27(3)31-4)9-18(12)28-13(2)26-20(19(23)22(28)30)32-11-15-7-8-16(24)10-17(15)25/h5-10H,11H2,1-4H3. The van der Waals surface area contributed by atoms with Crippen LogP contribution in [0.3, 0.4) is 0 Å². The highest BCUT2D eigenvalue weighted by Crippen LogP contribution is 2.24. The summed E-state index contributed by atoms with van der Waals surface area (Å²) in [5, 5.41) is 0.740. The molecule has 7 nitrogen and oxygen atoms in total. The Morgan fingerprint density at radius 1 is 1.19 bits per heavy atom. The lowest BCUT2D eigenvalue weighted by Gasteiger charge is -2.17. The number of aryl methyl sites for hydroxylation is 2. The van der Waals surface area contributed by atoms with Crippen LogP contribution in [0.5, 0.6) is 5.88 Å². The number of nitrogens with zero attached hydrogens (tertiary/aromatic N) is 3. The first-order valence-electron chi connectivity index (χ1n) is 9.43. The Morgan fingerprint density at radius 2 is 1.91 bits per heavy atom. The number of amides is 1. The van der Waals surface area contributed by atoms with Crippen LogP contribution in [0.1, 0.15) is 27.3 Å². The molecule has 3 rings (SSSR count). The molecule has 0 spiro atoms. The van der Waals surface area contributed by atoms with E-state index in [1.165, 1.54) is 30.9 Å². The van der Waals surface area contributed by atoms with Gasteiger partial charge in [0.25, 0.3) is 11.5 Å². The quantitative estimate of drug-likeness (QED) is 0.517. The molecule has 3 aromatic rings. The van der Waals surface area contributed by atoms with Gasteiger partial charge in [0.15, 0.2) is 5.02 Å². The molecular formula is C22H20ClF2N3O4. The third kappa shape index (κ3) is 4.63. The molecule has 0 aliphatic rings. The zero-order valence-corrected chi connectivity index (χ0v) is 18.5. The maximum absolute atomic E-state index is 13.8. The number of ether oxygens (including phenoxy) is 1. The molecule has 0 atom stereocenters. The summed E-state index contributed by atoms with van der Waals surface area (Å²) in [6.07, 6.45) is 0. The number of carbonyl (C=O) groups excluding carboxylic acids is 1. The zero-order valence-electron chi connectivity index (χ0n) is 17.8. The van der Waals surface area contributed by atoms with Gasteiger partial charge in [0, 0.05) is 24.2 Å². The van der Waals surface area contributed by atoms with Gasteiger partial charge in [0.2, 0.25) is 5.88 Å². The van der Waals surface area contributed by atoms with Gasteiger partial charge in [-0.1, -0.05) is 17.7 Å². The first-order chi connectivity index (χ1) is 15.1. The molecule has 0 fully saturated rings. The fraction of sp³-hybridized carbons (Fsp3) is 0.227. The SMILES string of the molecule is CON(C)C(=O)c1ccc(C)c(-n2c(C)nc(OCc3ccc(F)cc3F)c(Cl)c2=O)c1. The molecule has 0 unspecified atom stereocenters. The molecule has 0 aliphatic heterocycles. The molecule has 1 amide bonds. The van der Waals surface area contributed by atoms with Crippen LogP contribution in [0.2, 0.25) is 5.02 Å². The van der Waals surface area contributed by atoms with E-state index < -0.39 is 23.1 Å². The van der Waals surface area contributed by atoms with E-state index in [4.69, 9.17) is 21.2 Å². The Balaban J connectivity index is 1.99. The third-order valence-electron chi connectivity index (χ3n) is 4.80. The molecule has 0 saturated carbocycles. The number of carbonyl (C=O) groups is 1. The van der Waals surface area contributed by atoms with Crippen LogP contribution in [0.15, 0.2) is 41.2 Å². The molecule has 2 aromatic carbocycles. The fourth-order valence-electron chi connectivity index (χ4n) is 2.99. The predicted molar refractivity (Wildman–Crippen MR) is 114 cm³/mol. The molecule has 1 heterocycles. The van der Waals surface area contributed by atoms with Crippen LogP contribution in [0.4, 0.5) is 8.78 Å². The third-order valence-corrected chi connectivity index (χ3v) is 5.13. The fourth-order valence-corrected chi connectivity index (χ4v) is 3.18. The van der Waals surface area contributed by atoms with Gasteiger partial charge in [0.05, 0.1) is 12.8 Å². The van der Waals surface area contributed by atoms with Crippen LogP contribution < -0.4 is 10.3 Å². The van der Waals surface area contributed by atoms with Crippen molar-refractivity contribution in [3.8, 4) is 11.6 Å². The largest absolute Gasteiger partial charge is 0.471 e. The van der Waals surface area contributed by atoms with Gasteiger partial charge < -0.3 is 4.74 Å². The monoisotopic (exact) mass is 463 g/mol. The topological polar surface area (TPSA) is 73.7 Å². The second kappa shape index (κ2) is 9.46. The van der Waals surface area contributed by atoms with Crippen LogP contribution in [-0.2, 0) is 11.4 Å². The summed E-state index contributed by atoms with van der Waals surface area (Å²) < 4.78 is 33.6. The van der Waals surface area contributed by atoms with E-state index in [0.29, 0.717) is 16.8 Å². The van der Waals surface area contributed by atoms with Gasteiger partial charge in [0.1, 0.15) is 24.1 Å². The minimum atomic E-state index is -0.788. The molecule has 0 bridgehead atoms. The molecule has 0 saturated heterocycles. The van der Waals surface area contributed by atoms with Gasteiger partial charge in [-0.05, 0) is 43.7 Å². The Kier molecular flexibility index (Phi) is 6.90. The van der Waals surface area contributed by atoms with Gasteiger partial charge in [-0.3, -0.25) is 19.0 Å². The van der Waals surface area contributed by atoms with Crippen molar-refractivity contribution in [3.05, 3.63) is 85.9 Å². The number of hydroxylamine groups is 2. The summed E-state index contributed by atoms with van der Waals surface area (Å²) in [5.41, 5.74) is 0.863. The van der Waals surface area contributed by atoms with Gasteiger partial charge in [-0.15, -0.1) is 0 Å². The molecule has 10 heteroatoms. The van der Waals surface area contributed by atoms with E-state index in [1.807, 2.05) is 0 Å². The maximum atomic E-state index is 13.8. The second-order valence-corrected chi connectivity index (χ2v) is 7.31. The van der Waals surface area contributed by atoms with Crippen molar-refractivity contribution in [2.24, 2.45) is 0 Å². The van der Waals surface area contributed by atoms with Crippen molar-refractivity contribution >= 4 is 17.5 Å². The zero-order chi connectivity index (χ0) is 23.6. The van der Waals surface area contributed by atoms with E-state index in [-0.39, 0.29) is 28.9 Å². The minimum absolute atomic E-state index is 0.0791. The highest BCUT2D eigenvalue weighted by Gasteiger charge is 2.19. The maximum Gasteiger partial charge on any atom is 0.280 e. The van der Waals surface area contributed by atoms with Gasteiger partial charge in [-0.2, -0.15) is 4.98 Å². The smallest absolute Gasteiger partial charge is 0.280 e. The van der Waals surface area contributed by atoms with E-state index >= 15 is 0 Å². The lowest BCUT2D eigenvalue weighted by molar-refractivity contribution is -0.0757. The lowest BCUT2D eigenvalue weighted by Crippen LogP contribution is -2.27. The highest BCUT2D eigenvalue weighted by atomic mass is 35.5. The van der Waals surface area contributed by atoms with E-state index in [9.17, 15) is 18.4 Å². The van der Waals surface area contributed by atoms with Gasteiger partial charge >= 0.3 is 0 Å². The average Bonchev–Trinajstić information content (AvgIpc) is 2.76. The number of benzene rings is 2. The van der Waals surface area contributed by atoms with E-state index in [2.05, 4.69) is 4.98 Å². The Hall–Kier alpha value is -3.30. The van der Waals surface area contributed by atoms with Crippen molar-refractivity contribution in [1.82, 2.24) is 14.6 Å². The van der Waals surface area contributed by atoms with Crippen molar-refractivity contribution in [3.63, 3.8) is 0 Å². The summed E-state index contributed by atoms with van der Waals surface area (Å²) in [7, 11) is 2.83. The predicted octanol–water partition coefficient (Wildman–Crippen LogP) is 3.99. The summed E-state index contributed by atoms with van der Waals surface area (Å²) >= 11 is 6.21. The number of aromatic nitrogens is 2. The van der Waals surface area contributed by atoms with Crippen molar-refractivity contribution in [1.29, 1.82) is 0 Å². The van der Waals surface area contributed by atoms with Crippen LogP contribution in [0.25, 0.3) is 5.69 Å². The molecule has 32 heavy (non-hydrogen) atoms. The van der Waals surface area contributed by atoms with Crippen molar-refractivity contribution in [2.75, 3.05) is 14.2 Å². The van der Waals surface area contributed by atoms with Crippen molar-refractivity contribution < 1.29 is 23.1 Å². The molecule has 0 aliphatic carbocycles. The number of halogens is 3. The molecule has 0 radical (unpaired) electrons. The summed E-state index contributed by atoms with van der Waals surface area (Å²) in [6.45, 7) is 3.04. The first-order valence-corrected chi connectivity index (χ1v) is 9.81. The van der Waals surface area contributed by atoms with Crippen LogP contribution >= 0.6 is 11.6 Å². The Labute approximate surface area is 187 Å². The van der Waals surface area contributed by atoms with E-state index in [1.54, 1.807) is 26.0 Å². The van der Waals surface area contributed by atoms with Crippen molar-refractivity contribution in [2.45, 2.75) is 20.5 Å².